The second-order valence-electron chi connectivity index (χ2n) is 6.29. The summed E-state index contributed by atoms with van der Waals surface area (Å²) >= 11 is 0. The highest BCUT2D eigenvalue weighted by molar-refractivity contribution is 5.99. The molecule has 1 aliphatic heterocycles. The largest absolute Gasteiger partial charge is 0.343 e. The van der Waals surface area contributed by atoms with Gasteiger partial charge in [-0.3, -0.25) is 9.59 Å². The molecule has 2 aliphatic rings. The molecule has 1 saturated carbocycles. The van der Waals surface area contributed by atoms with Gasteiger partial charge in [-0.1, -0.05) is 13.8 Å². The van der Waals surface area contributed by atoms with Gasteiger partial charge in [-0.15, -0.1) is 0 Å². The molecule has 2 rings (SSSR count). The summed E-state index contributed by atoms with van der Waals surface area (Å²) in [6.07, 6.45) is 3.07. The van der Waals surface area contributed by atoms with E-state index < -0.39 is 5.54 Å². The summed E-state index contributed by atoms with van der Waals surface area (Å²) < 4.78 is 0. The average Bonchev–Trinajstić information content (AvgIpc) is 3.10. The van der Waals surface area contributed by atoms with Crippen LogP contribution >= 0.6 is 0 Å². The molecule has 4 nitrogen and oxygen atoms in total. The van der Waals surface area contributed by atoms with Crippen molar-refractivity contribution in [3.8, 4) is 0 Å². The zero-order valence-electron chi connectivity index (χ0n) is 11.8. The van der Waals surface area contributed by atoms with Crippen LogP contribution in [0.3, 0.4) is 0 Å². The van der Waals surface area contributed by atoms with E-state index in [4.69, 9.17) is 0 Å². The average molecular weight is 252 g/mol. The van der Waals surface area contributed by atoms with E-state index in [1.54, 1.807) is 6.92 Å². The van der Waals surface area contributed by atoms with Crippen LogP contribution in [-0.2, 0) is 9.59 Å². The smallest absolute Gasteiger partial charge is 0.246 e. The van der Waals surface area contributed by atoms with Crippen molar-refractivity contribution < 1.29 is 9.59 Å². The molecule has 2 fully saturated rings. The van der Waals surface area contributed by atoms with Gasteiger partial charge in [-0.05, 0) is 44.9 Å². The number of nitrogens with one attached hydrogen (secondary N) is 1. The number of amides is 2. The van der Waals surface area contributed by atoms with Crippen LogP contribution in [0.2, 0.25) is 0 Å². The molecule has 0 spiro atoms. The maximum atomic E-state index is 12.3. The monoisotopic (exact) mass is 252 g/mol. The van der Waals surface area contributed by atoms with Gasteiger partial charge >= 0.3 is 0 Å². The van der Waals surface area contributed by atoms with Gasteiger partial charge in [0.05, 0.1) is 0 Å². The number of hydrogen-bond donors (Lipinski definition) is 1. The Hall–Kier alpha value is -1.06. The van der Waals surface area contributed by atoms with E-state index in [-0.39, 0.29) is 17.9 Å². The number of rotatable bonds is 4. The molecular formula is C14H24N2O2. The Morgan fingerprint density at radius 1 is 1.39 bits per heavy atom. The number of piperazine rings is 1. The van der Waals surface area contributed by atoms with Crippen LogP contribution in [0.4, 0.5) is 0 Å². The SMILES string of the molecule is CC(C)CCN1C(=O)C(C)NC(=O)C1(C)C1CC1. The lowest BCUT2D eigenvalue weighted by atomic mass is 9.87. The first kappa shape index (κ1) is 13.4. The van der Waals surface area contributed by atoms with Crippen molar-refractivity contribution >= 4 is 11.8 Å². The third-order valence-electron chi connectivity index (χ3n) is 4.31. The third kappa shape index (κ3) is 2.13. The fourth-order valence-corrected chi connectivity index (χ4v) is 2.77. The van der Waals surface area contributed by atoms with Crippen molar-refractivity contribution in [1.29, 1.82) is 0 Å². The Morgan fingerprint density at radius 2 is 2.00 bits per heavy atom. The quantitative estimate of drug-likeness (QED) is 0.825. The minimum absolute atomic E-state index is 0.0286. The van der Waals surface area contributed by atoms with Gasteiger partial charge in [0.1, 0.15) is 11.6 Å². The van der Waals surface area contributed by atoms with Gasteiger partial charge < -0.3 is 10.2 Å². The van der Waals surface area contributed by atoms with Crippen LogP contribution in [0.1, 0.15) is 47.0 Å². The van der Waals surface area contributed by atoms with Crippen molar-refractivity contribution in [1.82, 2.24) is 10.2 Å². The third-order valence-corrected chi connectivity index (χ3v) is 4.31. The Labute approximate surface area is 109 Å². The van der Waals surface area contributed by atoms with E-state index in [2.05, 4.69) is 19.2 Å². The van der Waals surface area contributed by atoms with Crippen molar-refractivity contribution in [2.45, 2.75) is 58.5 Å². The standard InChI is InChI=1S/C14H24N2O2/c1-9(2)7-8-16-12(17)10(3)15-13(18)14(16,4)11-5-6-11/h9-11H,5-8H2,1-4H3,(H,15,18). The Kier molecular flexibility index (Phi) is 3.39. The summed E-state index contributed by atoms with van der Waals surface area (Å²) in [7, 11) is 0. The van der Waals surface area contributed by atoms with Crippen molar-refractivity contribution in [2.75, 3.05) is 6.54 Å². The van der Waals surface area contributed by atoms with Crippen LogP contribution in [0.25, 0.3) is 0 Å². The van der Waals surface area contributed by atoms with Crippen LogP contribution in [-0.4, -0.2) is 34.8 Å². The normalized spacial score (nSPS) is 32.9. The van der Waals surface area contributed by atoms with E-state index in [9.17, 15) is 9.59 Å². The fraction of sp³-hybridized carbons (Fsp3) is 0.857. The number of carbonyl (C=O) groups excluding carboxylic acids is 2. The summed E-state index contributed by atoms with van der Waals surface area (Å²) in [5.74, 6) is 0.994. The zero-order valence-corrected chi connectivity index (χ0v) is 11.8. The lowest BCUT2D eigenvalue weighted by Crippen LogP contribution is -2.70. The molecule has 1 N–H and O–H groups in total. The molecule has 102 valence electrons. The van der Waals surface area contributed by atoms with Crippen LogP contribution in [0, 0.1) is 11.8 Å². The second kappa shape index (κ2) is 4.56. The van der Waals surface area contributed by atoms with Crippen LogP contribution in [0.5, 0.6) is 0 Å². The predicted molar refractivity (Wildman–Crippen MR) is 69.9 cm³/mol. The lowest BCUT2D eigenvalue weighted by Gasteiger charge is -2.46. The van der Waals surface area contributed by atoms with Gasteiger partial charge in [-0.2, -0.15) is 0 Å². The predicted octanol–water partition coefficient (Wildman–Crippen LogP) is 1.55. The minimum Gasteiger partial charge on any atom is -0.343 e. The minimum atomic E-state index is -0.613. The number of nitrogens with zero attached hydrogens (tertiary/aromatic N) is 1. The fourth-order valence-electron chi connectivity index (χ4n) is 2.77. The van der Waals surface area contributed by atoms with Gasteiger partial charge in [0, 0.05) is 6.54 Å². The summed E-state index contributed by atoms with van der Waals surface area (Å²) in [6.45, 7) is 8.69. The molecule has 1 aliphatic carbocycles. The summed E-state index contributed by atoms with van der Waals surface area (Å²) in [6, 6.07) is -0.378. The van der Waals surface area contributed by atoms with Gasteiger partial charge in [-0.25, -0.2) is 0 Å². The Balaban J connectivity index is 2.22. The highest BCUT2D eigenvalue weighted by Gasteiger charge is 2.56. The summed E-state index contributed by atoms with van der Waals surface area (Å²) in [5, 5.41) is 2.83. The summed E-state index contributed by atoms with van der Waals surface area (Å²) in [5.41, 5.74) is -0.613. The van der Waals surface area contributed by atoms with E-state index in [1.165, 1.54) is 0 Å². The molecule has 1 saturated heterocycles. The zero-order chi connectivity index (χ0) is 13.5. The highest BCUT2D eigenvalue weighted by Crippen LogP contribution is 2.44. The molecule has 1 heterocycles. The molecule has 2 amide bonds. The van der Waals surface area contributed by atoms with E-state index in [0.29, 0.717) is 18.4 Å². The van der Waals surface area contributed by atoms with Crippen LogP contribution in [0.15, 0.2) is 0 Å². The van der Waals surface area contributed by atoms with Gasteiger partial charge in [0.2, 0.25) is 11.8 Å². The first-order chi connectivity index (χ1) is 8.37. The van der Waals surface area contributed by atoms with Gasteiger partial charge in [0.15, 0.2) is 0 Å². The second-order valence-corrected chi connectivity index (χ2v) is 6.29. The molecule has 0 bridgehead atoms. The lowest BCUT2D eigenvalue weighted by molar-refractivity contribution is -0.157. The maximum Gasteiger partial charge on any atom is 0.246 e. The summed E-state index contributed by atoms with van der Waals surface area (Å²) in [4.78, 5) is 26.5. The molecule has 2 unspecified atom stereocenters. The molecule has 0 radical (unpaired) electrons. The highest BCUT2D eigenvalue weighted by atomic mass is 16.2. The van der Waals surface area contributed by atoms with E-state index in [0.717, 1.165) is 19.3 Å². The molecular weight excluding hydrogens is 228 g/mol. The van der Waals surface area contributed by atoms with Gasteiger partial charge in [0.25, 0.3) is 0 Å². The van der Waals surface area contributed by atoms with Crippen molar-refractivity contribution in [2.24, 2.45) is 11.8 Å². The van der Waals surface area contributed by atoms with E-state index >= 15 is 0 Å². The molecule has 18 heavy (non-hydrogen) atoms. The molecule has 0 aromatic heterocycles. The molecule has 4 heteroatoms. The first-order valence-corrected chi connectivity index (χ1v) is 6.99. The Morgan fingerprint density at radius 3 is 2.50 bits per heavy atom. The van der Waals surface area contributed by atoms with E-state index in [1.807, 2.05) is 11.8 Å². The molecule has 0 aromatic carbocycles. The maximum absolute atomic E-state index is 12.3. The van der Waals surface area contributed by atoms with Crippen molar-refractivity contribution in [3.63, 3.8) is 0 Å². The Bertz CT molecular complexity index is 363. The first-order valence-electron chi connectivity index (χ1n) is 6.99. The topological polar surface area (TPSA) is 49.4 Å². The number of hydrogen-bond acceptors (Lipinski definition) is 2. The van der Waals surface area contributed by atoms with Crippen molar-refractivity contribution in [3.05, 3.63) is 0 Å². The van der Waals surface area contributed by atoms with Crippen LogP contribution < -0.4 is 5.32 Å². The number of carbonyl (C=O) groups is 2. The molecule has 2 atom stereocenters. The molecule has 0 aromatic rings.